The first-order valence-corrected chi connectivity index (χ1v) is 11.2. The van der Waals surface area contributed by atoms with Crippen molar-refractivity contribution in [1.82, 2.24) is 14.5 Å². The van der Waals surface area contributed by atoms with Crippen LogP contribution < -0.4 is 0 Å². The first kappa shape index (κ1) is 18.3. The lowest BCUT2D eigenvalue weighted by Gasteiger charge is -2.30. The first-order valence-electron chi connectivity index (χ1n) is 8.90. The molecule has 2 aromatic heterocycles. The van der Waals surface area contributed by atoms with Crippen molar-refractivity contribution in [2.24, 2.45) is 0 Å². The van der Waals surface area contributed by atoms with Crippen LogP contribution in [0.5, 0.6) is 0 Å². The highest BCUT2D eigenvalue weighted by atomic mass is 32.2. The van der Waals surface area contributed by atoms with Crippen LogP contribution in [0, 0.1) is 13.8 Å². The predicted octanol–water partition coefficient (Wildman–Crippen LogP) is 3.98. The van der Waals surface area contributed by atoms with E-state index in [2.05, 4.69) is 10.2 Å². The van der Waals surface area contributed by atoms with E-state index >= 15 is 0 Å². The maximum atomic E-state index is 13.2. The predicted molar refractivity (Wildman–Crippen MR) is 104 cm³/mol. The molecule has 0 saturated carbocycles. The Morgan fingerprint density at radius 1 is 1.22 bits per heavy atom. The molecule has 6 nitrogen and oxygen atoms in total. The van der Waals surface area contributed by atoms with Gasteiger partial charge >= 0.3 is 0 Å². The number of aromatic nitrogens is 2. The van der Waals surface area contributed by atoms with Crippen molar-refractivity contribution in [2.75, 3.05) is 13.1 Å². The van der Waals surface area contributed by atoms with Crippen molar-refractivity contribution in [3.05, 3.63) is 52.7 Å². The van der Waals surface area contributed by atoms with Gasteiger partial charge in [-0.25, -0.2) is 8.42 Å². The largest absolute Gasteiger partial charge is 0.420 e. The number of hydrogen-bond donors (Lipinski definition) is 0. The zero-order valence-electron chi connectivity index (χ0n) is 15.3. The van der Waals surface area contributed by atoms with Gasteiger partial charge in [-0.15, -0.1) is 21.5 Å². The summed E-state index contributed by atoms with van der Waals surface area (Å²) in [5.74, 6) is 0.925. The average molecular weight is 404 g/mol. The van der Waals surface area contributed by atoms with Gasteiger partial charge in [-0.1, -0.05) is 18.2 Å². The summed E-state index contributed by atoms with van der Waals surface area (Å²) in [6.07, 6.45) is 1.61. The minimum atomic E-state index is -3.55. The smallest absolute Gasteiger partial charge is 0.257 e. The highest BCUT2D eigenvalue weighted by molar-refractivity contribution is 7.89. The molecule has 0 amide bonds. The molecule has 3 heterocycles. The van der Waals surface area contributed by atoms with Gasteiger partial charge in [-0.3, -0.25) is 0 Å². The topological polar surface area (TPSA) is 76.3 Å². The molecule has 0 unspecified atom stereocenters. The lowest BCUT2D eigenvalue weighted by molar-refractivity contribution is 0.286. The van der Waals surface area contributed by atoms with Gasteiger partial charge in [0.1, 0.15) is 0 Å². The molecule has 1 aromatic carbocycles. The molecule has 0 N–H and O–H groups in total. The molecule has 0 bridgehead atoms. The second-order valence-electron chi connectivity index (χ2n) is 6.89. The van der Waals surface area contributed by atoms with E-state index in [9.17, 15) is 8.42 Å². The van der Waals surface area contributed by atoms with E-state index in [0.717, 1.165) is 28.8 Å². The number of nitrogens with zero attached hydrogens (tertiary/aromatic N) is 3. The maximum absolute atomic E-state index is 13.2. The molecule has 0 aliphatic carbocycles. The number of thiophene rings is 1. The number of benzene rings is 1. The third-order valence-electron chi connectivity index (χ3n) is 4.87. The Kier molecular flexibility index (Phi) is 4.88. The monoisotopic (exact) mass is 403 g/mol. The molecule has 8 heteroatoms. The minimum Gasteiger partial charge on any atom is -0.420 e. The van der Waals surface area contributed by atoms with E-state index in [4.69, 9.17) is 4.42 Å². The summed E-state index contributed by atoms with van der Waals surface area (Å²) in [6.45, 7) is 4.61. The number of piperidine rings is 1. The van der Waals surface area contributed by atoms with Crippen LogP contribution in [0.2, 0.25) is 0 Å². The molecule has 1 aliphatic heterocycles. The van der Waals surface area contributed by atoms with E-state index in [1.807, 2.05) is 43.5 Å². The van der Waals surface area contributed by atoms with E-state index in [1.54, 1.807) is 10.4 Å². The van der Waals surface area contributed by atoms with E-state index < -0.39 is 10.0 Å². The Morgan fingerprint density at radius 3 is 2.85 bits per heavy atom. The lowest BCUT2D eigenvalue weighted by Crippen LogP contribution is -2.39. The fraction of sp³-hybridized carbons (Fsp3) is 0.368. The standard InChI is InChI=1S/C19H21N3O3S2/c1-13-7-8-14(2)17(11-13)27(23,24)22-9-3-5-15(12-22)18-20-21-19(25-18)16-6-4-10-26-16/h4,6-8,10-11,15H,3,5,9,12H2,1-2H3/t15-/m0/s1. The van der Waals surface area contributed by atoms with Gasteiger partial charge in [0.05, 0.1) is 15.7 Å². The van der Waals surface area contributed by atoms with Crippen molar-refractivity contribution in [1.29, 1.82) is 0 Å². The van der Waals surface area contributed by atoms with E-state index in [-0.39, 0.29) is 5.92 Å². The summed E-state index contributed by atoms with van der Waals surface area (Å²) in [6, 6.07) is 9.39. The zero-order chi connectivity index (χ0) is 19.0. The molecular formula is C19H21N3O3S2. The first-order chi connectivity index (χ1) is 12.9. The fourth-order valence-corrected chi connectivity index (χ4v) is 5.86. The maximum Gasteiger partial charge on any atom is 0.257 e. The molecule has 0 spiro atoms. The summed E-state index contributed by atoms with van der Waals surface area (Å²) in [7, 11) is -3.55. The van der Waals surface area contributed by atoms with E-state index in [0.29, 0.717) is 29.8 Å². The second kappa shape index (κ2) is 7.18. The van der Waals surface area contributed by atoms with Gasteiger partial charge in [-0.05, 0) is 55.3 Å². The summed E-state index contributed by atoms with van der Waals surface area (Å²) >= 11 is 1.54. The third-order valence-corrected chi connectivity index (χ3v) is 7.73. The van der Waals surface area contributed by atoms with Crippen LogP contribution in [0.15, 0.2) is 45.0 Å². The summed E-state index contributed by atoms with van der Waals surface area (Å²) in [5, 5.41) is 10.3. The molecule has 0 radical (unpaired) electrons. The van der Waals surface area contributed by atoms with Gasteiger partial charge in [0.2, 0.25) is 15.9 Å². The van der Waals surface area contributed by atoms with Gasteiger partial charge in [0, 0.05) is 13.1 Å². The Morgan fingerprint density at radius 2 is 2.07 bits per heavy atom. The third kappa shape index (κ3) is 3.56. The highest BCUT2D eigenvalue weighted by Gasteiger charge is 2.34. The Labute approximate surface area is 162 Å². The van der Waals surface area contributed by atoms with Gasteiger partial charge in [-0.2, -0.15) is 4.31 Å². The second-order valence-corrected chi connectivity index (χ2v) is 9.75. The van der Waals surface area contributed by atoms with Crippen molar-refractivity contribution in [3.63, 3.8) is 0 Å². The molecule has 1 aliphatic rings. The Balaban J connectivity index is 1.59. The molecule has 4 rings (SSSR count). The summed E-state index contributed by atoms with van der Waals surface area (Å²) < 4.78 is 33.8. The van der Waals surface area contributed by atoms with Gasteiger partial charge in [0.15, 0.2) is 0 Å². The Bertz CT molecular complexity index is 1040. The molecule has 1 fully saturated rings. The lowest BCUT2D eigenvalue weighted by atomic mass is 10.00. The summed E-state index contributed by atoms with van der Waals surface area (Å²) in [4.78, 5) is 1.30. The van der Waals surface area contributed by atoms with Crippen LogP contribution in [0.1, 0.15) is 35.8 Å². The van der Waals surface area contributed by atoms with Crippen molar-refractivity contribution < 1.29 is 12.8 Å². The summed E-state index contributed by atoms with van der Waals surface area (Å²) in [5.41, 5.74) is 1.70. The van der Waals surface area contributed by atoms with Crippen LogP contribution in [0.4, 0.5) is 0 Å². The van der Waals surface area contributed by atoms with Crippen LogP contribution in [-0.4, -0.2) is 36.0 Å². The molecular weight excluding hydrogens is 382 g/mol. The van der Waals surface area contributed by atoms with Crippen LogP contribution in [-0.2, 0) is 10.0 Å². The van der Waals surface area contributed by atoms with Crippen molar-refractivity contribution in [2.45, 2.75) is 37.5 Å². The minimum absolute atomic E-state index is 0.0835. The zero-order valence-corrected chi connectivity index (χ0v) is 16.9. The van der Waals surface area contributed by atoms with Crippen LogP contribution in [0.25, 0.3) is 10.8 Å². The fourth-order valence-electron chi connectivity index (χ4n) is 3.39. The normalized spacial score (nSPS) is 18.7. The Hall–Kier alpha value is -2.03. The van der Waals surface area contributed by atoms with Crippen molar-refractivity contribution in [3.8, 4) is 10.8 Å². The SMILES string of the molecule is Cc1ccc(C)c(S(=O)(=O)N2CCC[C@H](c3nnc(-c4cccs4)o3)C2)c1. The van der Waals surface area contributed by atoms with Gasteiger partial charge in [0.25, 0.3) is 5.89 Å². The molecule has 1 atom stereocenters. The number of hydrogen-bond acceptors (Lipinski definition) is 6. The molecule has 27 heavy (non-hydrogen) atoms. The average Bonchev–Trinajstić information content (AvgIpc) is 3.35. The molecule has 142 valence electrons. The quantitative estimate of drug-likeness (QED) is 0.658. The van der Waals surface area contributed by atoms with Crippen molar-refractivity contribution >= 4 is 21.4 Å². The van der Waals surface area contributed by atoms with Gasteiger partial charge < -0.3 is 4.42 Å². The number of rotatable bonds is 4. The molecule has 1 saturated heterocycles. The molecule has 3 aromatic rings. The van der Waals surface area contributed by atoms with Crippen LogP contribution >= 0.6 is 11.3 Å². The van der Waals surface area contributed by atoms with E-state index in [1.165, 1.54) is 11.3 Å². The van der Waals surface area contributed by atoms with Crippen LogP contribution in [0.3, 0.4) is 0 Å². The number of aryl methyl sites for hydroxylation is 2. The highest BCUT2D eigenvalue weighted by Crippen LogP contribution is 2.32. The number of sulfonamides is 1.